The summed E-state index contributed by atoms with van der Waals surface area (Å²) in [5.74, 6) is 0. The molecule has 1 heterocycles. The molecule has 0 amide bonds. The number of nitrogens with zero attached hydrogens (tertiary/aromatic N) is 3. The minimum atomic E-state index is 0.0708. The Balaban J connectivity index is 1.19. The largest absolute Gasteiger partial charge is 0.266 e. The van der Waals surface area contributed by atoms with Gasteiger partial charge in [-0.05, 0) is 66.8 Å². The Kier molecular flexibility index (Phi) is 7.50. The molecule has 1 saturated heterocycles. The molecule has 3 nitrogen and oxygen atoms in total. The van der Waals surface area contributed by atoms with E-state index in [0.717, 1.165) is 20.0 Å². The quantitative estimate of drug-likeness (QED) is 0.188. The van der Waals surface area contributed by atoms with E-state index in [1.54, 1.807) is 0 Å². The standard InChI is InChI=1S/C48H39N3/c1-7-19-40-34(13-1)25-26-35-14-2-8-20-41(35)46(40)49-31-50(47-42-21-9-3-15-36(42)27-28-37-16-4-10-22-43(37)47)33-51(32-49)48-44-23-11-5-17-38(44)29-30-39-18-6-12-24-45(39)48/h1-30,46-48H,31-33H2. The normalized spacial score (nSPS) is 17.6. The molecule has 0 spiro atoms. The van der Waals surface area contributed by atoms with Crippen LogP contribution in [0.3, 0.4) is 0 Å². The molecule has 51 heavy (non-hydrogen) atoms. The summed E-state index contributed by atoms with van der Waals surface area (Å²) in [5, 5.41) is 0. The molecule has 0 atom stereocenters. The lowest BCUT2D eigenvalue weighted by Crippen LogP contribution is -2.57. The van der Waals surface area contributed by atoms with Gasteiger partial charge in [0, 0.05) is 0 Å². The van der Waals surface area contributed by atoms with Crippen LogP contribution in [0.1, 0.15) is 84.9 Å². The van der Waals surface area contributed by atoms with Gasteiger partial charge in [0.15, 0.2) is 0 Å². The van der Waals surface area contributed by atoms with E-state index in [4.69, 9.17) is 0 Å². The highest BCUT2D eigenvalue weighted by Gasteiger charge is 2.41. The Hall–Kier alpha value is -5.58. The molecule has 3 heteroatoms. The van der Waals surface area contributed by atoms with Crippen molar-refractivity contribution in [3.63, 3.8) is 0 Å². The van der Waals surface area contributed by atoms with Gasteiger partial charge in [-0.15, -0.1) is 0 Å². The van der Waals surface area contributed by atoms with E-state index in [1.165, 1.54) is 66.8 Å². The first-order valence-corrected chi connectivity index (χ1v) is 18.1. The number of hydrogen-bond acceptors (Lipinski definition) is 3. The van der Waals surface area contributed by atoms with Crippen LogP contribution in [0.15, 0.2) is 146 Å². The zero-order chi connectivity index (χ0) is 33.7. The number of fused-ring (bicyclic) bond motifs is 6. The summed E-state index contributed by atoms with van der Waals surface area (Å²) in [5.41, 5.74) is 15.8. The maximum atomic E-state index is 2.74. The van der Waals surface area contributed by atoms with Gasteiger partial charge < -0.3 is 0 Å². The summed E-state index contributed by atoms with van der Waals surface area (Å²) in [4.78, 5) is 8.21. The second-order valence-electron chi connectivity index (χ2n) is 14.2. The lowest BCUT2D eigenvalue weighted by Gasteiger charge is -2.51. The van der Waals surface area contributed by atoms with Crippen molar-refractivity contribution in [1.29, 1.82) is 0 Å². The van der Waals surface area contributed by atoms with Gasteiger partial charge in [-0.25, -0.2) is 0 Å². The molecule has 0 unspecified atom stereocenters. The van der Waals surface area contributed by atoms with Crippen molar-refractivity contribution in [1.82, 2.24) is 14.7 Å². The third-order valence-electron chi connectivity index (χ3n) is 11.3. The molecule has 246 valence electrons. The fraction of sp³-hybridized carbons (Fsp3) is 0.125. The third kappa shape index (κ3) is 5.25. The van der Waals surface area contributed by atoms with E-state index in [2.05, 4.69) is 197 Å². The molecule has 0 bridgehead atoms. The second kappa shape index (κ2) is 12.6. The summed E-state index contributed by atoms with van der Waals surface area (Å²) in [6, 6.07) is 54.2. The van der Waals surface area contributed by atoms with Gasteiger partial charge in [-0.2, -0.15) is 0 Å². The maximum absolute atomic E-state index is 2.74. The molecule has 0 saturated carbocycles. The number of hydrogen-bond donors (Lipinski definition) is 0. The van der Waals surface area contributed by atoms with Gasteiger partial charge in [-0.1, -0.05) is 182 Å². The minimum Gasteiger partial charge on any atom is -0.266 e. The predicted molar refractivity (Wildman–Crippen MR) is 211 cm³/mol. The Labute approximate surface area is 300 Å². The lowest BCUT2D eigenvalue weighted by atomic mass is 9.90. The zero-order valence-corrected chi connectivity index (χ0v) is 28.5. The summed E-state index contributed by atoms with van der Waals surface area (Å²) < 4.78 is 0. The van der Waals surface area contributed by atoms with E-state index in [9.17, 15) is 0 Å². The fourth-order valence-corrected chi connectivity index (χ4v) is 9.02. The van der Waals surface area contributed by atoms with Crippen molar-refractivity contribution in [3.05, 3.63) is 212 Å². The maximum Gasteiger partial charge on any atom is 0.0637 e. The van der Waals surface area contributed by atoms with Crippen molar-refractivity contribution in [2.45, 2.75) is 18.1 Å². The molecule has 0 aromatic heterocycles. The number of rotatable bonds is 3. The van der Waals surface area contributed by atoms with Crippen molar-refractivity contribution >= 4 is 36.5 Å². The Morgan fingerprint density at radius 3 is 0.627 bits per heavy atom. The van der Waals surface area contributed by atoms with Crippen LogP contribution in [0.2, 0.25) is 0 Å². The summed E-state index contributed by atoms with van der Waals surface area (Å²) in [6.07, 6.45) is 13.8. The van der Waals surface area contributed by atoms with Crippen LogP contribution < -0.4 is 0 Å². The molecule has 1 aliphatic heterocycles. The SMILES string of the molecule is C1=Cc2ccccc2C(N2CN(C3c4ccccc4C=Cc4ccccc43)CN(C3c4ccccc4C=Cc4ccccc43)C2)c2ccccc21. The molecule has 0 radical (unpaired) electrons. The van der Waals surface area contributed by atoms with Crippen LogP contribution in [0.25, 0.3) is 36.5 Å². The summed E-state index contributed by atoms with van der Waals surface area (Å²) >= 11 is 0. The van der Waals surface area contributed by atoms with E-state index >= 15 is 0 Å². The molecule has 6 aromatic rings. The van der Waals surface area contributed by atoms with Crippen LogP contribution >= 0.6 is 0 Å². The molecule has 1 fully saturated rings. The van der Waals surface area contributed by atoms with Gasteiger partial charge >= 0.3 is 0 Å². The molecular weight excluding hydrogens is 619 g/mol. The Bertz CT molecular complexity index is 1950. The first-order valence-electron chi connectivity index (χ1n) is 18.1. The molecule has 3 aliphatic carbocycles. The van der Waals surface area contributed by atoms with Crippen LogP contribution in [0.4, 0.5) is 0 Å². The summed E-state index contributed by atoms with van der Waals surface area (Å²) in [7, 11) is 0. The van der Waals surface area contributed by atoms with Gasteiger partial charge in [0.25, 0.3) is 0 Å². The first-order chi connectivity index (χ1) is 25.3. The highest BCUT2D eigenvalue weighted by Crippen LogP contribution is 2.45. The highest BCUT2D eigenvalue weighted by atomic mass is 15.5. The van der Waals surface area contributed by atoms with Crippen molar-refractivity contribution in [3.8, 4) is 0 Å². The van der Waals surface area contributed by atoms with Crippen molar-refractivity contribution in [2.75, 3.05) is 20.0 Å². The zero-order valence-electron chi connectivity index (χ0n) is 28.5. The van der Waals surface area contributed by atoms with Crippen LogP contribution in [-0.2, 0) is 0 Å². The van der Waals surface area contributed by atoms with Crippen LogP contribution in [0.5, 0.6) is 0 Å². The van der Waals surface area contributed by atoms with Gasteiger partial charge in [0.05, 0.1) is 38.1 Å². The van der Waals surface area contributed by atoms with E-state index in [-0.39, 0.29) is 18.1 Å². The monoisotopic (exact) mass is 657 g/mol. The van der Waals surface area contributed by atoms with Crippen LogP contribution in [-0.4, -0.2) is 34.7 Å². The Morgan fingerprint density at radius 2 is 0.431 bits per heavy atom. The molecular formula is C48H39N3. The minimum absolute atomic E-state index is 0.0708. The average Bonchev–Trinajstić information content (AvgIpc) is 3.55. The Morgan fingerprint density at radius 1 is 0.255 bits per heavy atom. The first kappa shape index (κ1) is 30.3. The molecule has 0 N–H and O–H groups in total. The predicted octanol–water partition coefficient (Wildman–Crippen LogP) is 10.6. The molecule has 6 aromatic carbocycles. The smallest absolute Gasteiger partial charge is 0.0637 e. The highest BCUT2D eigenvalue weighted by molar-refractivity contribution is 5.78. The van der Waals surface area contributed by atoms with E-state index in [1.807, 2.05) is 0 Å². The lowest BCUT2D eigenvalue weighted by molar-refractivity contribution is -0.0705. The molecule has 10 rings (SSSR count). The van der Waals surface area contributed by atoms with Gasteiger partial charge in [-0.3, -0.25) is 14.7 Å². The van der Waals surface area contributed by atoms with E-state index in [0.29, 0.717) is 0 Å². The van der Waals surface area contributed by atoms with Crippen molar-refractivity contribution in [2.24, 2.45) is 0 Å². The third-order valence-corrected chi connectivity index (χ3v) is 11.3. The average molecular weight is 658 g/mol. The number of benzene rings is 6. The van der Waals surface area contributed by atoms with Gasteiger partial charge in [0.1, 0.15) is 0 Å². The topological polar surface area (TPSA) is 9.72 Å². The van der Waals surface area contributed by atoms with Gasteiger partial charge in [0.2, 0.25) is 0 Å². The summed E-state index contributed by atoms with van der Waals surface area (Å²) in [6.45, 7) is 2.43. The van der Waals surface area contributed by atoms with Crippen LogP contribution in [0, 0.1) is 0 Å². The van der Waals surface area contributed by atoms with Crippen molar-refractivity contribution < 1.29 is 0 Å². The molecule has 4 aliphatic rings. The van der Waals surface area contributed by atoms with E-state index < -0.39 is 0 Å². The fourth-order valence-electron chi connectivity index (χ4n) is 9.02. The second-order valence-corrected chi connectivity index (χ2v) is 14.2.